The second-order valence-electron chi connectivity index (χ2n) is 3.42. The summed E-state index contributed by atoms with van der Waals surface area (Å²) in [6.07, 6.45) is 1.65. The van der Waals surface area contributed by atoms with E-state index in [1.54, 1.807) is 19.1 Å². The first-order valence-corrected chi connectivity index (χ1v) is 5.63. The highest BCUT2D eigenvalue weighted by Gasteiger charge is 2.16. The molecule has 1 aromatic rings. The first-order chi connectivity index (χ1) is 7.66. The van der Waals surface area contributed by atoms with Crippen LogP contribution in [0.15, 0.2) is 18.2 Å². The molecule has 0 saturated carbocycles. The first kappa shape index (κ1) is 12.8. The van der Waals surface area contributed by atoms with Gasteiger partial charge in [-0.3, -0.25) is 10.1 Å². The fraction of sp³-hybridized carbons (Fsp3) is 0.455. The quantitative estimate of drug-likeness (QED) is 0.333. The van der Waals surface area contributed by atoms with Crippen molar-refractivity contribution in [1.29, 1.82) is 0 Å². The topological polar surface area (TPSA) is 52.4 Å². The molecule has 4 nitrogen and oxygen atoms in total. The van der Waals surface area contributed by atoms with Gasteiger partial charge in [-0.25, -0.2) is 0 Å². The molecule has 0 aliphatic carbocycles. The molecule has 0 N–H and O–H groups in total. The van der Waals surface area contributed by atoms with Crippen LogP contribution in [0, 0.1) is 17.0 Å². The Morgan fingerprint density at radius 2 is 2.19 bits per heavy atom. The van der Waals surface area contributed by atoms with Crippen LogP contribution in [0.25, 0.3) is 0 Å². The molecule has 16 heavy (non-hydrogen) atoms. The lowest BCUT2D eigenvalue weighted by atomic mass is 10.2. The van der Waals surface area contributed by atoms with Crippen LogP contribution in [-0.2, 0) is 0 Å². The van der Waals surface area contributed by atoms with Gasteiger partial charge in [0.25, 0.3) is 0 Å². The van der Waals surface area contributed by atoms with Gasteiger partial charge in [-0.15, -0.1) is 11.6 Å². The summed E-state index contributed by atoms with van der Waals surface area (Å²) in [4.78, 5) is 10.3. The number of benzene rings is 1. The second kappa shape index (κ2) is 6.33. The molecule has 0 aromatic heterocycles. The molecule has 0 unspecified atom stereocenters. The Hall–Kier alpha value is -1.29. The van der Waals surface area contributed by atoms with Crippen LogP contribution in [0.4, 0.5) is 5.69 Å². The van der Waals surface area contributed by atoms with Crippen LogP contribution < -0.4 is 4.74 Å². The van der Waals surface area contributed by atoms with Gasteiger partial charge in [-0.1, -0.05) is 12.1 Å². The number of alkyl halides is 1. The van der Waals surface area contributed by atoms with E-state index in [1.165, 1.54) is 6.07 Å². The highest BCUT2D eigenvalue weighted by atomic mass is 35.5. The molecule has 5 heteroatoms. The molecule has 0 radical (unpaired) electrons. The second-order valence-corrected chi connectivity index (χ2v) is 3.80. The molecule has 0 bridgehead atoms. The Morgan fingerprint density at radius 1 is 1.44 bits per heavy atom. The van der Waals surface area contributed by atoms with Gasteiger partial charge in [-0.05, 0) is 25.3 Å². The van der Waals surface area contributed by atoms with Crippen molar-refractivity contribution in [2.45, 2.75) is 19.8 Å². The number of halogens is 1. The van der Waals surface area contributed by atoms with Crippen LogP contribution in [-0.4, -0.2) is 17.4 Å². The van der Waals surface area contributed by atoms with Crippen molar-refractivity contribution < 1.29 is 9.66 Å². The van der Waals surface area contributed by atoms with E-state index in [2.05, 4.69) is 0 Å². The SMILES string of the molecule is Cc1cccc([N+](=O)[O-])c1OCCCCCl. The number of ether oxygens (including phenoxy) is 1. The summed E-state index contributed by atoms with van der Waals surface area (Å²) in [6, 6.07) is 4.90. The van der Waals surface area contributed by atoms with Gasteiger partial charge in [0, 0.05) is 11.9 Å². The van der Waals surface area contributed by atoms with Crippen molar-refractivity contribution >= 4 is 17.3 Å². The Bertz CT molecular complexity index is 368. The zero-order valence-electron chi connectivity index (χ0n) is 9.11. The predicted octanol–water partition coefficient (Wildman–Crippen LogP) is 3.30. The van der Waals surface area contributed by atoms with E-state index < -0.39 is 4.92 Å². The van der Waals surface area contributed by atoms with Crippen molar-refractivity contribution in [2.75, 3.05) is 12.5 Å². The molecule has 0 spiro atoms. The monoisotopic (exact) mass is 243 g/mol. The van der Waals surface area contributed by atoms with Gasteiger partial charge in [0.05, 0.1) is 11.5 Å². The summed E-state index contributed by atoms with van der Waals surface area (Å²) >= 11 is 5.53. The van der Waals surface area contributed by atoms with Gasteiger partial charge in [0.2, 0.25) is 0 Å². The third-order valence-corrected chi connectivity index (χ3v) is 2.43. The molecule has 1 rings (SSSR count). The normalized spacial score (nSPS) is 10.1. The largest absolute Gasteiger partial charge is 0.487 e. The van der Waals surface area contributed by atoms with Crippen LogP contribution in [0.5, 0.6) is 5.75 Å². The highest BCUT2D eigenvalue weighted by molar-refractivity contribution is 6.17. The number of unbranched alkanes of at least 4 members (excludes halogenated alkanes) is 1. The van der Waals surface area contributed by atoms with Crippen LogP contribution >= 0.6 is 11.6 Å². The number of nitro benzene ring substituents is 1. The molecule has 88 valence electrons. The summed E-state index contributed by atoms with van der Waals surface area (Å²) in [5, 5.41) is 10.8. The van der Waals surface area contributed by atoms with E-state index in [0.29, 0.717) is 18.2 Å². The van der Waals surface area contributed by atoms with Crippen molar-refractivity contribution in [3.63, 3.8) is 0 Å². The van der Waals surface area contributed by atoms with Gasteiger partial charge < -0.3 is 4.74 Å². The van der Waals surface area contributed by atoms with Gasteiger partial charge >= 0.3 is 5.69 Å². The molecule has 0 atom stereocenters. The Labute approximate surface area is 99.3 Å². The molecule has 0 heterocycles. The number of para-hydroxylation sites is 1. The number of hydrogen-bond donors (Lipinski definition) is 0. The zero-order valence-corrected chi connectivity index (χ0v) is 9.87. The summed E-state index contributed by atoms with van der Waals surface area (Å²) in [5.74, 6) is 0.946. The summed E-state index contributed by atoms with van der Waals surface area (Å²) in [5.41, 5.74) is 0.797. The summed E-state index contributed by atoms with van der Waals surface area (Å²) in [7, 11) is 0. The first-order valence-electron chi connectivity index (χ1n) is 5.09. The minimum atomic E-state index is -0.427. The van der Waals surface area contributed by atoms with E-state index in [1.807, 2.05) is 0 Å². The minimum Gasteiger partial charge on any atom is -0.487 e. The lowest BCUT2D eigenvalue weighted by Crippen LogP contribution is -2.02. The molecule has 1 aromatic carbocycles. The number of nitro groups is 1. The fourth-order valence-corrected chi connectivity index (χ4v) is 1.53. The van der Waals surface area contributed by atoms with Crippen LogP contribution in [0.1, 0.15) is 18.4 Å². The minimum absolute atomic E-state index is 0.0193. The third kappa shape index (κ3) is 3.38. The average Bonchev–Trinajstić information content (AvgIpc) is 2.25. The Balaban J connectivity index is 2.73. The summed E-state index contributed by atoms with van der Waals surface area (Å²) < 4.78 is 5.43. The number of rotatable bonds is 6. The van der Waals surface area contributed by atoms with E-state index in [9.17, 15) is 10.1 Å². The maximum absolute atomic E-state index is 10.8. The van der Waals surface area contributed by atoms with Gasteiger partial charge in [0.1, 0.15) is 0 Å². The van der Waals surface area contributed by atoms with Crippen molar-refractivity contribution in [3.05, 3.63) is 33.9 Å². The van der Waals surface area contributed by atoms with E-state index >= 15 is 0 Å². The van der Waals surface area contributed by atoms with Gasteiger partial charge in [0.15, 0.2) is 5.75 Å². The maximum atomic E-state index is 10.8. The number of aryl methyl sites for hydroxylation is 1. The molecular formula is C11H14ClNO3. The molecule has 0 aliphatic rings. The molecule has 0 aliphatic heterocycles. The van der Waals surface area contributed by atoms with Gasteiger partial charge in [-0.2, -0.15) is 0 Å². The smallest absolute Gasteiger partial charge is 0.311 e. The zero-order chi connectivity index (χ0) is 12.0. The van der Waals surface area contributed by atoms with Crippen LogP contribution in [0.3, 0.4) is 0 Å². The molecule has 0 fully saturated rings. The standard InChI is InChI=1S/C11H14ClNO3/c1-9-5-4-6-10(13(14)15)11(9)16-8-3-2-7-12/h4-6H,2-3,7-8H2,1H3. The maximum Gasteiger partial charge on any atom is 0.311 e. The van der Waals surface area contributed by atoms with Crippen molar-refractivity contribution in [2.24, 2.45) is 0 Å². The summed E-state index contributed by atoms with van der Waals surface area (Å²) in [6.45, 7) is 2.25. The molecule has 0 saturated heterocycles. The molecule has 0 amide bonds. The predicted molar refractivity (Wildman–Crippen MR) is 63.3 cm³/mol. The van der Waals surface area contributed by atoms with E-state index in [4.69, 9.17) is 16.3 Å². The Morgan fingerprint density at radius 3 is 2.81 bits per heavy atom. The van der Waals surface area contributed by atoms with E-state index in [-0.39, 0.29) is 5.69 Å². The van der Waals surface area contributed by atoms with Crippen molar-refractivity contribution in [1.82, 2.24) is 0 Å². The number of nitrogens with zero attached hydrogens (tertiary/aromatic N) is 1. The number of hydrogen-bond acceptors (Lipinski definition) is 3. The van der Waals surface area contributed by atoms with E-state index in [0.717, 1.165) is 18.4 Å². The Kier molecular flexibility index (Phi) is 5.05. The average molecular weight is 244 g/mol. The van der Waals surface area contributed by atoms with Crippen LogP contribution in [0.2, 0.25) is 0 Å². The molecular weight excluding hydrogens is 230 g/mol. The lowest BCUT2D eigenvalue weighted by Gasteiger charge is -2.08. The fourth-order valence-electron chi connectivity index (χ4n) is 1.34. The third-order valence-electron chi connectivity index (χ3n) is 2.16. The highest BCUT2D eigenvalue weighted by Crippen LogP contribution is 2.30. The lowest BCUT2D eigenvalue weighted by molar-refractivity contribution is -0.385. The van der Waals surface area contributed by atoms with Crippen molar-refractivity contribution in [3.8, 4) is 5.75 Å².